The molecule has 1 amide bonds. The fraction of sp³-hybridized carbons (Fsp3) is 0.562. The Morgan fingerprint density at radius 1 is 1.29 bits per heavy atom. The molecule has 0 spiro atoms. The number of amides is 1. The lowest BCUT2D eigenvalue weighted by Gasteiger charge is -2.35. The van der Waals surface area contributed by atoms with E-state index in [1.54, 1.807) is 11.8 Å². The molecule has 0 radical (unpaired) electrons. The van der Waals surface area contributed by atoms with Crippen molar-refractivity contribution in [1.82, 2.24) is 10.2 Å². The fourth-order valence-corrected chi connectivity index (χ4v) is 3.26. The van der Waals surface area contributed by atoms with E-state index in [-0.39, 0.29) is 11.9 Å². The molecule has 1 N–H and O–H groups in total. The molecule has 1 atom stereocenters. The minimum absolute atomic E-state index is 0.110. The molecule has 1 aliphatic heterocycles. The number of hydrogen-bond acceptors (Lipinski definition) is 3. The maximum Gasteiger partial charge on any atom is 0.230 e. The quantitative estimate of drug-likeness (QED) is 0.870. The first-order valence-corrected chi connectivity index (χ1v) is 9.23. The van der Waals surface area contributed by atoms with Crippen molar-refractivity contribution in [3.63, 3.8) is 0 Å². The summed E-state index contributed by atoms with van der Waals surface area (Å²) in [6.07, 6.45) is 5.73. The third-order valence-corrected chi connectivity index (χ3v) is 4.66. The summed E-state index contributed by atoms with van der Waals surface area (Å²) >= 11 is 7.54. The van der Waals surface area contributed by atoms with Crippen LogP contribution in [0.15, 0.2) is 24.3 Å². The standard InChI is InChI=1S/C16H23ClN2OS/c1-21-12-16(20)18-11-15(19-9-3-2-4-10-19)13-5-7-14(17)8-6-13/h5-8,15H,2-4,9-12H2,1H3,(H,18,20)/t15-/m1/s1. The van der Waals surface area contributed by atoms with Crippen LogP contribution in [0.3, 0.4) is 0 Å². The molecule has 0 bridgehead atoms. The van der Waals surface area contributed by atoms with Crippen LogP contribution in [-0.4, -0.2) is 42.4 Å². The largest absolute Gasteiger partial charge is 0.353 e. The van der Waals surface area contributed by atoms with E-state index in [1.165, 1.54) is 24.8 Å². The molecule has 1 heterocycles. The van der Waals surface area contributed by atoms with Crippen LogP contribution in [0, 0.1) is 0 Å². The molecule has 5 heteroatoms. The van der Waals surface area contributed by atoms with Gasteiger partial charge in [-0.15, -0.1) is 0 Å². The molecular weight excluding hydrogens is 304 g/mol. The number of nitrogens with one attached hydrogen (secondary N) is 1. The lowest BCUT2D eigenvalue weighted by Crippen LogP contribution is -2.41. The molecule has 0 aromatic heterocycles. The molecule has 0 saturated carbocycles. The van der Waals surface area contributed by atoms with Crippen LogP contribution in [-0.2, 0) is 4.79 Å². The molecule has 3 nitrogen and oxygen atoms in total. The Balaban J connectivity index is 2.05. The number of likely N-dealkylation sites (tertiary alicyclic amines) is 1. The highest BCUT2D eigenvalue weighted by molar-refractivity contribution is 7.99. The monoisotopic (exact) mass is 326 g/mol. The number of rotatable bonds is 6. The van der Waals surface area contributed by atoms with E-state index in [0.717, 1.165) is 18.1 Å². The van der Waals surface area contributed by atoms with Crippen LogP contribution in [0.4, 0.5) is 0 Å². The summed E-state index contributed by atoms with van der Waals surface area (Å²) in [4.78, 5) is 14.2. The number of hydrogen-bond donors (Lipinski definition) is 1. The van der Waals surface area contributed by atoms with Crippen molar-refractivity contribution < 1.29 is 4.79 Å². The van der Waals surface area contributed by atoms with Gasteiger partial charge in [0.15, 0.2) is 0 Å². The zero-order valence-corrected chi connectivity index (χ0v) is 14.1. The summed E-state index contributed by atoms with van der Waals surface area (Å²) in [7, 11) is 0. The molecule has 2 rings (SSSR count). The van der Waals surface area contributed by atoms with Gasteiger partial charge in [-0.05, 0) is 49.9 Å². The van der Waals surface area contributed by atoms with Gasteiger partial charge in [-0.1, -0.05) is 30.2 Å². The number of carbonyl (C=O) groups excluding carboxylic acids is 1. The molecule has 1 aromatic rings. The molecule has 1 saturated heterocycles. The van der Waals surface area contributed by atoms with Gasteiger partial charge >= 0.3 is 0 Å². The molecule has 116 valence electrons. The van der Waals surface area contributed by atoms with Crippen LogP contribution in [0.5, 0.6) is 0 Å². The highest BCUT2D eigenvalue weighted by Gasteiger charge is 2.22. The van der Waals surface area contributed by atoms with Crippen LogP contribution in [0.25, 0.3) is 0 Å². The first kappa shape index (κ1) is 16.7. The highest BCUT2D eigenvalue weighted by Crippen LogP contribution is 2.25. The first-order valence-electron chi connectivity index (χ1n) is 7.46. The van der Waals surface area contributed by atoms with Gasteiger partial charge in [0.2, 0.25) is 5.91 Å². The van der Waals surface area contributed by atoms with Crippen molar-refractivity contribution in [3.8, 4) is 0 Å². The number of piperidine rings is 1. The van der Waals surface area contributed by atoms with Crippen molar-refractivity contribution in [2.45, 2.75) is 25.3 Å². The average molecular weight is 327 g/mol. The lowest BCUT2D eigenvalue weighted by molar-refractivity contribution is -0.118. The number of carbonyl (C=O) groups is 1. The highest BCUT2D eigenvalue weighted by atomic mass is 35.5. The van der Waals surface area contributed by atoms with E-state index >= 15 is 0 Å². The number of nitrogens with zero attached hydrogens (tertiary/aromatic N) is 1. The van der Waals surface area contributed by atoms with Crippen LogP contribution >= 0.6 is 23.4 Å². The molecule has 1 fully saturated rings. The van der Waals surface area contributed by atoms with Gasteiger partial charge in [0, 0.05) is 11.6 Å². The van der Waals surface area contributed by atoms with Crippen molar-refractivity contribution in [3.05, 3.63) is 34.9 Å². The van der Waals surface area contributed by atoms with E-state index in [2.05, 4.69) is 22.3 Å². The van der Waals surface area contributed by atoms with Crippen molar-refractivity contribution in [2.75, 3.05) is 31.6 Å². The molecule has 0 aliphatic carbocycles. The lowest BCUT2D eigenvalue weighted by atomic mass is 10.0. The predicted octanol–water partition coefficient (Wildman–Crippen LogP) is 3.35. The van der Waals surface area contributed by atoms with Gasteiger partial charge in [0.05, 0.1) is 11.8 Å². The Morgan fingerprint density at radius 2 is 1.95 bits per heavy atom. The topological polar surface area (TPSA) is 32.3 Å². The maximum atomic E-state index is 11.7. The summed E-state index contributed by atoms with van der Waals surface area (Å²) in [6, 6.07) is 8.24. The van der Waals surface area contributed by atoms with Crippen molar-refractivity contribution in [1.29, 1.82) is 0 Å². The second-order valence-electron chi connectivity index (χ2n) is 5.40. The SMILES string of the molecule is CSCC(=O)NC[C@H](c1ccc(Cl)cc1)N1CCCCC1. The predicted molar refractivity (Wildman–Crippen MR) is 91.0 cm³/mol. The summed E-state index contributed by atoms with van der Waals surface area (Å²) in [5, 5.41) is 3.81. The third-order valence-electron chi connectivity index (χ3n) is 3.85. The summed E-state index contributed by atoms with van der Waals surface area (Å²) in [6.45, 7) is 2.87. The van der Waals surface area contributed by atoms with Gasteiger partial charge in [0.1, 0.15) is 0 Å². The molecule has 1 aromatic carbocycles. The van der Waals surface area contributed by atoms with Crippen LogP contribution < -0.4 is 5.32 Å². The van der Waals surface area contributed by atoms with Gasteiger partial charge in [-0.3, -0.25) is 9.69 Å². The molecular formula is C16H23ClN2OS. The smallest absolute Gasteiger partial charge is 0.230 e. The Morgan fingerprint density at radius 3 is 2.57 bits per heavy atom. The van der Waals surface area contributed by atoms with Gasteiger partial charge < -0.3 is 5.32 Å². The Labute approximate surface area is 136 Å². The summed E-state index contributed by atoms with van der Waals surface area (Å²) < 4.78 is 0. The zero-order chi connectivity index (χ0) is 15.1. The normalized spacial score (nSPS) is 17.4. The minimum atomic E-state index is 0.110. The van der Waals surface area contributed by atoms with Crippen LogP contribution in [0.1, 0.15) is 30.9 Å². The maximum absolute atomic E-state index is 11.7. The van der Waals surface area contributed by atoms with E-state index < -0.39 is 0 Å². The third kappa shape index (κ3) is 5.20. The van der Waals surface area contributed by atoms with Crippen LogP contribution in [0.2, 0.25) is 5.02 Å². The second-order valence-corrected chi connectivity index (χ2v) is 6.70. The Kier molecular flexibility index (Phi) is 6.87. The van der Waals surface area contributed by atoms with Crippen molar-refractivity contribution in [2.24, 2.45) is 0 Å². The molecule has 21 heavy (non-hydrogen) atoms. The summed E-state index contributed by atoms with van der Waals surface area (Å²) in [5.41, 5.74) is 1.23. The fourth-order valence-electron chi connectivity index (χ4n) is 2.77. The number of halogens is 1. The Bertz CT molecular complexity index is 446. The second kappa shape index (κ2) is 8.66. The van der Waals surface area contributed by atoms with Gasteiger partial charge in [0.25, 0.3) is 0 Å². The number of benzene rings is 1. The average Bonchev–Trinajstić information content (AvgIpc) is 2.50. The molecule has 1 aliphatic rings. The molecule has 0 unspecified atom stereocenters. The Hall–Kier alpha value is -0.710. The van der Waals surface area contributed by atoms with Crippen molar-refractivity contribution >= 4 is 29.3 Å². The van der Waals surface area contributed by atoms with Gasteiger partial charge in [-0.2, -0.15) is 11.8 Å². The minimum Gasteiger partial charge on any atom is -0.353 e. The first-order chi connectivity index (χ1) is 10.2. The van der Waals surface area contributed by atoms with E-state index in [0.29, 0.717) is 12.3 Å². The van der Waals surface area contributed by atoms with E-state index in [1.807, 2.05) is 18.4 Å². The summed E-state index contributed by atoms with van der Waals surface area (Å²) in [5.74, 6) is 0.631. The van der Waals surface area contributed by atoms with Gasteiger partial charge in [-0.25, -0.2) is 0 Å². The van der Waals surface area contributed by atoms with E-state index in [4.69, 9.17) is 11.6 Å². The zero-order valence-electron chi connectivity index (χ0n) is 12.5. The van der Waals surface area contributed by atoms with E-state index in [9.17, 15) is 4.79 Å². The number of thioether (sulfide) groups is 1.